The predicted octanol–water partition coefficient (Wildman–Crippen LogP) is 6.24. The summed E-state index contributed by atoms with van der Waals surface area (Å²) in [6.07, 6.45) is 0. The van der Waals surface area contributed by atoms with Gasteiger partial charge in [0.25, 0.3) is 0 Å². The van der Waals surface area contributed by atoms with Crippen molar-refractivity contribution in [3.8, 4) is 45.4 Å². The maximum absolute atomic E-state index is 4.78. The summed E-state index contributed by atoms with van der Waals surface area (Å²) in [5.41, 5.74) is 5.88. The molecular weight excluding hydrogens is 380 g/mol. The van der Waals surface area contributed by atoms with E-state index in [0.29, 0.717) is 17.5 Å². The Bertz CT molecular complexity index is 1260. The van der Waals surface area contributed by atoms with E-state index in [-0.39, 0.29) is 0 Å². The van der Waals surface area contributed by atoms with E-state index < -0.39 is 0 Å². The van der Waals surface area contributed by atoms with Crippen molar-refractivity contribution < 1.29 is 0 Å². The van der Waals surface area contributed by atoms with Crippen molar-refractivity contribution in [2.75, 3.05) is 0 Å². The van der Waals surface area contributed by atoms with Gasteiger partial charge in [0.1, 0.15) is 0 Å². The highest BCUT2D eigenvalue weighted by Crippen LogP contribution is 2.26. The summed E-state index contributed by atoms with van der Waals surface area (Å²) >= 11 is 0. The third-order valence-electron chi connectivity index (χ3n) is 5.03. The number of aromatic nitrogens is 4. The number of rotatable bonds is 4. The molecule has 0 saturated heterocycles. The summed E-state index contributed by atoms with van der Waals surface area (Å²) in [7, 11) is 0. The second-order valence-corrected chi connectivity index (χ2v) is 7.28. The number of hydrogen-bond donors (Lipinski definition) is 0. The Hall–Kier alpha value is -4.18. The Morgan fingerprint density at radius 2 is 0.839 bits per heavy atom. The number of aryl methyl sites for hydroxylation is 1. The van der Waals surface area contributed by atoms with E-state index >= 15 is 0 Å². The van der Waals surface area contributed by atoms with Gasteiger partial charge in [-0.3, -0.25) is 4.98 Å². The SMILES string of the molecule is Cc1cccc(-c2ccc(-c3nc(-c4ccccc4)nc(-c4ccccc4)n3)cc2)n1. The Labute approximate surface area is 181 Å². The van der Waals surface area contributed by atoms with Gasteiger partial charge in [0.05, 0.1) is 5.69 Å². The van der Waals surface area contributed by atoms with Gasteiger partial charge in [-0.25, -0.2) is 15.0 Å². The molecule has 4 nitrogen and oxygen atoms in total. The lowest BCUT2D eigenvalue weighted by Gasteiger charge is -2.09. The van der Waals surface area contributed by atoms with Gasteiger partial charge in [0.2, 0.25) is 0 Å². The van der Waals surface area contributed by atoms with Crippen LogP contribution in [0.3, 0.4) is 0 Å². The van der Waals surface area contributed by atoms with E-state index in [1.807, 2.05) is 97.9 Å². The van der Waals surface area contributed by atoms with Crippen LogP contribution in [0.1, 0.15) is 5.69 Å². The normalized spacial score (nSPS) is 10.7. The second-order valence-electron chi connectivity index (χ2n) is 7.28. The molecule has 0 amide bonds. The van der Waals surface area contributed by atoms with Gasteiger partial charge in [-0.2, -0.15) is 0 Å². The van der Waals surface area contributed by atoms with Gasteiger partial charge in [0.15, 0.2) is 17.5 Å². The van der Waals surface area contributed by atoms with Gasteiger partial charge in [-0.05, 0) is 19.1 Å². The summed E-state index contributed by atoms with van der Waals surface area (Å²) in [6, 6.07) is 34.2. The van der Waals surface area contributed by atoms with Crippen LogP contribution in [-0.4, -0.2) is 19.9 Å². The fourth-order valence-corrected chi connectivity index (χ4v) is 3.43. The zero-order valence-electron chi connectivity index (χ0n) is 17.1. The lowest BCUT2D eigenvalue weighted by atomic mass is 10.1. The molecule has 0 saturated carbocycles. The van der Waals surface area contributed by atoms with Crippen LogP contribution in [0.2, 0.25) is 0 Å². The number of benzene rings is 3. The first-order valence-electron chi connectivity index (χ1n) is 10.2. The molecule has 0 unspecified atom stereocenters. The molecule has 0 fully saturated rings. The molecule has 0 spiro atoms. The molecule has 0 aliphatic heterocycles. The van der Waals surface area contributed by atoms with Crippen LogP contribution in [0, 0.1) is 6.92 Å². The van der Waals surface area contributed by atoms with Crippen molar-refractivity contribution in [1.82, 2.24) is 19.9 Å². The first-order valence-corrected chi connectivity index (χ1v) is 10.2. The molecule has 5 rings (SSSR count). The Morgan fingerprint density at radius 3 is 1.32 bits per heavy atom. The van der Waals surface area contributed by atoms with Crippen molar-refractivity contribution >= 4 is 0 Å². The average Bonchev–Trinajstić information content (AvgIpc) is 2.85. The van der Waals surface area contributed by atoms with E-state index in [9.17, 15) is 0 Å². The van der Waals surface area contributed by atoms with Gasteiger partial charge < -0.3 is 0 Å². The molecule has 0 bridgehead atoms. The second kappa shape index (κ2) is 8.28. The lowest BCUT2D eigenvalue weighted by Crippen LogP contribution is -2.00. The highest BCUT2D eigenvalue weighted by Gasteiger charge is 2.12. The minimum absolute atomic E-state index is 0.649. The third kappa shape index (κ3) is 4.09. The van der Waals surface area contributed by atoms with Crippen molar-refractivity contribution in [2.24, 2.45) is 0 Å². The van der Waals surface area contributed by atoms with E-state index in [1.165, 1.54) is 0 Å². The molecule has 0 radical (unpaired) electrons. The maximum atomic E-state index is 4.78. The number of pyridine rings is 1. The molecule has 148 valence electrons. The van der Waals surface area contributed by atoms with Crippen molar-refractivity contribution in [2.45, 2.75) is 6.92 Å². The van der Waals surface area contributed by atoms with Crippen molar-refractivity contribution in [1.29, 1.82) is 0 Å². The van der Waals surface area contributed by atoms with Gasteiger partial charge in [-0.1, -0.05) is 91.0 Å². The fourth-order valence-electron chi connectivity index (χ4n) is 3.43. The zero-order valence-corrected chi connectivity index (χ0v) is 17.1. The molecule has 5 aromatic rings. The van der Waals surface area contributed by atoms with Crippen molar-refractivity contribution in [3.05, 3.63) is 109 Å². The van der Waals surface area contributed by atoms with Gasteiger partial charge >= 0.3 is 0 Å². The summed E-state index contributed by atoms with van der Waals surface area (Å²) in [5.74, 6) is 1.97. The smallest absolute Gasteiger partial charge is 0.164 e. The molecule has 0 atom stereocenters. The standard InChI is InChI=1S/C27H20N4/c1-19-9-8-14-24(28-19)20-15-17-23(18-16-20)27-30-25(21-10-4-2-5-11-21)29-26(31-27)22-12-6-3-7-13-22/h2-18H,1H3. The molecule has 3 aromatic carbocycles. The van der Waals surface area contributed by atoms with E-state index in [1.54, 1.807) is 0 Å². The Kier molecular flexibility index (Phi) is 5.03. The first-order chi connectivity index (χ1) is 15.3. The van der Waals surface area contributed by atoms with E-state index in [4.69, 9.17) is 15.0 Å². The molecule has 0 aliphatic carbocycles. The first kappa shape index (κ1) is 18.8. The van der Waals surface area contributed by atoms with Crippen LogP contribution in [0.25, 0.3) is 45.4 Å². The molecular formula is C27H20N4. The highest BCUT2D eigenvalue weighted by molar-refractivity contribution is 5.69. The summed E-state index contributed by atoms with van der Waals surface area (Å²) in [6.45, 7) is 2.00. The molecule has 31 heavy (non-hydrogen) atoms. The van der Waals surface area contributed by atoms with Crippen LogP contribution in [-0.2, 0) is 0 Å². The molecule has 0 N–H and O–H groups in total. The summed E-state index contributed by atoms with van der Waals surface area (Å²) < 4.78 is 0. The van der Waals surface area contributed by atoms with Gasteiger partial charge in [0, 0.05) is 27.9 Å². The maximum Gasteiger partial charge on any atom is 0.164 e. The minimum Gasteiger partial charge on any atom is -0.253 e. The Balaban J connectivity index is 1.59. The highest BCUT2D eigenvalue weighted by atomic mass is 15.0. The fraction of sp³-hybridized carbons (Fsp3) is 0.0370. The number of nitrogens with zero attached hydrogens (tertiary/aromatic N) is 4. The quantitative estimate of drug-likeness (QED) is 0.358. The van der Waals surface area contributed by atoms with Crippen LogP contribution in [0.5, 0.6) is 0 Å². The zero-order chi connectivity index (χ0) is 21.0. The molecule has 2 heterocycles. The van der Waals surface area contributed by atoms with Crippen LogP contribution in [0.15, 0.2) is 103 Å². The average molecular weight is 400 g/mol. The lowest BCUT2D eigenvalue weighted by molar-refractivity contribution is 1.07. The minimum atomic E-state index is 0.649. The van der Waals surface area contributed by atoms with Crippen LogP contribution < -0.4 is 0 Å². The van der Waals surface area contributed by atoms with Crippen LogP contribution >= 0.6 is 0 Å². The van der Waals surface area contributed by atoms with Crippen molar-refractivity contribution in [3.63, 3.8) is 0 Å². The Morgan fingerprint density at radius 1 is 0.387 bits per heavy atom. The molecule has 0 aliphatic rings. The molecule has 4 heteroatoms. The van der Waals surface area contributed by atoms with Crippen LogP contribution in [0.4, 0.5) is 0 Å². The summed E-state index contributed by atoms with van der Waals surface area (Å²) in [4.78, 5) is 18.9. The summed E-state index contributed by atoms with van der Waals surface area (Å²) in [5, 5.41) is 0. The topological polar surface area (TPSA) is 51.6 Å². The number of hydrogen-bond acceptors (Lipinski definition) is 4. The monoisotopic (exact) mass is 400 g/mol. The van der Waals surface area contributed by atoms with E-state index in [0.717, 1.165) is 33.6 Å². The largest absolute Gasteiger partial charge is 0.253 e. The van der Waals surface area contributed by atoms with Gasteiger partial charge in [-0.15, -0.1) is 0 Å². The predicted molar refractivity (Wildman–Crippen MR) is 124 cm³/mol. The third-order valence-corrected chi connectivity index (χ3v) is 5.03. The molecule has 2 aromatic heterocycles. The van der Waals surface area contributed by atoms with E-state index in [2.05, 4.69) is 17.1 Å².